The number of carbonyl (C=O) groups excluding carboxylic acids is 1. The standard InChI is InChI=1S/C20H29ClN2O2/c1-3-5-16-8-11-19(15-6-9-17(21)10-7-15)23(20(16)25)18(4-2)14-22-12-13-24/h3,6-7,9-10,16,18-19,22,24H,1,4-5,8,11-14H2,2H3. The predicted octanol–water partition coefficient (Wildman–Crippen LogP) is 3.56. The van der Waals surface area contributed by atoms with Gasteiger partial charge in [-0.05, 0) is 43.4 Å². The first-order valence-corrected chi connectivity index (χ1v) is 9.50. The molecule has 1 saturated heterocycles. The van der Waals surface area contributed by atoms with E-state index < -0.39 is 0 Å². The number of aliphatic hydroxyl groups excluding tert-OH is 1. The third-order valence-corrected chi connectivity index (χ3v) is 5.22. The number of hydrogen-bond acceptors (Lipinski definition) is 3. The molecule has 0 spiro atoms. The largest absolute Gasteiger partial charge is 0.395 e. The highest BCUT2D eigenvalue weighted by Crippen LogP contribution is 2.37. The van der Waals surface area contributed by atoms with Crippen LogP contribution in [0.25, 0.3) is 0 Å². The number of benzene rings is 1. The highest BCUT2D eigenvalue weighted by molar-refractivity contribution is 6.30. The second-order valence-electron chi connectivity index (χ2n) is 6.60. The van der Waals surface area contributed by atoms with E-state index in [4.69, 9.17) is 16.7 Å². The summed E-state index contributed by atoms with van der Waals surface area (Å²) in [6, 6.07) is 8.00. The van der Waals surface area contributed by atoms with Crippen molar-refractivity contribution in [3.63, 3.8) is 0 Å². The average Bonchev–Trinajstić information content (AvgIpc) is 2.62. The second kappa shape index (κ2) is 9.95. The lowest BCUT2D eigenvalue weighted by molar-refractivity contribution is -0.145. The smallest absolute Gasteiger partial charge is 0.226 e. The number of rotatable bonds is 9. The molecule has 4 nitrogen and oxygen atoms in total. The van der Waals surface area contributed by atoms with E-state index in [2.05, 4.69) is 23.7 Å². The number of likely N-dealkylation sites (tertiary alicyclic amines) is 1. The molecule has 2 N–H and O–H groups in total. The van der Waals surface area contributed by atoms with Crippen molar-refractivity contribution in [1.82, 2.24) is 10.2 Å². The van der Waals surface area contributed by atoms with E-state index in [0.29, 0.717) is 18.1 Å². The summed E-state index contributed by atoms with van der Waals surface area (Å²) in [6.45, 7) is 7.24. The minimum atomic E-state index is 0.0212. The minimum absolute atomic E-state index is 0.0212. The van der Waals surface area contributed by atoms with Crippen LogP contribution in [0.5, 0.6) is 0 Å². The molecule has 2 rings (SSSR count). The van der Waals surface area contributed by atoms with Crippen LogP contribution in [0.2, 0.25) is 5.02 Å². The van der Waals surface area contributed by atoms with Crippen LogP contribution in [0, 0.1) is 5.92 Å². The molecule has 0 aromatic heterocycles. The Morgan fingerprint density at radius 1 is 1.40 bits per heavy atom. The van der Waals surface area contributed by atoms with Gasteiger partial charge in [0.2, 0.25) is 5.91 Å². The first-order valence-electron chi connectivity index (χ1n) is 9.12. The molecule has 3 unspecified atom stereocenters. The third-order valence-electron chi connectivity index (χ3n) is 4.97. The fourth-order valence-corrected chi connectivity index (χ4v) is 3.77. The maximum absolute atomic E-state index is 13.2. The molecule has 3 atom stereocenters. The van der Waals surface area contributed by atoms with E-state index in [1.807, 2.05) is 30.3 Å². The summed E-state index contributed by atoms with van der Waals surface area (Å²) in [5, 5.41) is 13.0. The first-order chi connectivity index (χ1) is 12.1. The van der Waals surface area contributed by atoms with Crippen molar-refractivity contribution in [1.29, 1.82) is 0 Å². The average molecular weight is 365 g/mol. The molecule has 1 aliphatic rings. The van der Waals surface area contributed by atoms with Gasteiger partial charge in [-0.3, -0.25) is 4.79 Å². The van der Waals surface area contributed by atoms with Crippen molar-refractivity contribution >= 4 is 17.5 Å². The van der Waals surface area contributed by atoms with Crippen molar-refractivity contribution in [2.45, 2.75) is 44.7 Å². The molecule has 0 saturated carbocycles. The van der Waals surface area contributed by atoms with Gasteiger partial charge < -0.3 is 15.3 Å². The highest BCUT2D eigenvalue weighted by Gasteiger charge is 2.38. The minimum Gasteiger partial charge on any atom is -0.395 e. The molecule has 0 bridgehead atoms. The van der Waals surface area contributed by atoms with Gasteiger partial charge in [0.15, 0.2) is 0 Å². The van der Waals surface area contributed by atoms with Crippen molar-refractivity contribution < 1.29 is 9.90 Å². The monoisotopic (exact) mass is 364 g/mol. The van der Waals surface area contributed by atoms with Crippen LogP contribution in [0.4, 0.5) is 0 Å². The Bertz CT molecular complexity index is 561. The number of carbonyl (C=O) groups is 1. The van der Waals surface area contributed by atoms with Crippen LogP contribution in [-0.4, -0.2) is 41.7 Å². The van der Waals surface area contributed by atoms with Crippen LogP contribution in [0.1, 0.15) is 44.2 Å². The summed E-state index contributed by atoms with van der Waals surface area (Å²) in [6.07, 6.45) is 5.27. The molecule has 1 aromatic carbocycles. The van der Waals surface area contributed by atoms with Crippen molar-refractivity contribution in [3.8, 4) is 0 Å². The summed E-state index contributed by atoms with van der Waals surface area (Å²) in [5.41, 5.74) is 1.13. The number of nitrogens with zero attached hydrogens (tertiary/aromatic N) is 1. The normalized spacial score (nSPS) is 22.0. The molecule has 0 radical (unpaired) electrons. The zero-order chi connectivity index (χ0) is 18.2. The quantitative estimate of drug-likeness (QED) is 0.520. The Morgan fingerprint density at radius 3 is 2.72 bits per heavy atom. The summed E-state index contributed by atoms with van der Waals surface area (Å²) >= 11 is 6.03. The molecule has 1 fully saturated rings. The summed E-state index contributed by atoms with van der Waals surface area (Å²) in [4.78, 5) is 15.2. The molecule has 138 valence electrons. The van der Waals surface area contributed by atoms with E-state index in [9.17, 15) is 4.79 Å². The van der Waals surface area contributed by atoms with Crippen molar-refractivity contribution in [2.75, 3.05) is 19.7 Å². The fourth-order valence-electron chi connectivity index (χ4n) is 3.64. The number of amides is 1. The van der Waals surface area contributed by atoms with E-state index in [1.54, 1.807) is 0 Å². The lowest BCUT2D eigenvalue weighted by Crippen LogP contribution is -2.52. The van der Waals surface area contributed by atoms with Gasteiger partial charge in [-0.25, -0.2) is 0 Å². The Morgan fingerprint density at radius 2 is 2.12 bits per heavy atom. The molecule has 0 aliphatic carbocycles. The molecule has 1 heterocycles. The molecule has 25 heavy (non-hydrogen) atoms. The van der Waals surface area contributed by atoms with Crippen molar-refractivity contribution in [2.24, 2.45) is 5.92 Å². The van der Waals surface area contributed by atoms with Crippen molar-refractivity contribution in [3.05, 3.63) is 47.5 Å². The van der Waals surface area contributed by atoms with Crippen LogP contribution >= 0.6 is 11.6 Å². The zero-order valence-corrected chi connectivity index (χ0v) is 15.7. The van der Waals surface area contributed by atoms with Gasteiger partial charge in [-0.15, -0.1) is 6.58 Å². The molecule has 1 amide bonds. The number of nitrogens with one attached hydrogen (secondary N) is 1. The van der Waals surface area contributed by atoms with E-state index in [0.717, 1.165) is 31.2 Å². The first kappa shape index (κ1) is 20.0. The molecule has 1 aromatic rings. The molecule has 5 heteroatoms. The number of allylic oxidation sites excluding steroid dienone is 1. The topological polar surface area (TPSA) is 52.6 Å². The van der Waals surface area contributed by atoms with Crippen LogP contribution < -0.4 is 5.32 Å². The van der Waals surface area contributed by atoms with Gasteiger partial charge in [0.1, 0.15) is 0 Å². The third kappa shape index (κ3) is 5.06. The fraction of sp³-hybridized carbons (Fsp3) is 0.550. The molecular formula is C20H29ClN2O2. The van der Waals surface area contributed by atoms with Gasteiger partial charge >= 0.3 is 0 Å². The lowest BCUT2D eigenvalue weighted by Gasteiger charge is -2.44. The van der Waals surface area contributed by atoms with Gasteiger partial charge in [0, 0.05) is 30.1 Å². The summed E-state index contributed by atoms with van der Waals surface area (Å²) in [7, 11) is 0. The van der Waals surface area contributed by atoms with Crippen LogP contribution in [0.3, 0.4) is 0 Å². The van der Waals surface area contributed by atoms with E-state index >= 15 is 0 Å². The summed E-state index contributed by atoms with van der Waals surface area (Å²) in [5.74, 6) is 0.233. The molecular weight excluding hydrogens is 336 g/mol. The Hall–Kier alpha value is -1.36. The SMILES string of the molecule is C=CCC1CCC(c2ccc(Cl)cc2)N(C(CC)CNCCO)C1=O. The van der Waals surface area contributed by atoms with Gasteiger partial charge in [-0.2, -0.15) is 0 Å². The number of piperidine rings is 1. The second-order valence-corrected chi connectivity index (χ2v) is 7.04. The summed E-state index contributed by atoms with van der Waals surface area (Å²) < 4.78 is 0. The Kier molecular flexibility index (Phi) is 7.94. The number of hydrogen-bond donors (Lipinski definition) is 2. The lowest BCUT2D eigenvalue weighted by atomic mass is 9.85. The van der Waals surface area contributed by atoms with E-state index in [1.165, 1.54) is 0 Å². The Labute approximate surface area is 155 Å². The highest BCUT2D eigenvalue weighted by atomic mass is 35.5. The zero-order valence-electron chi connectivity index (χ0n) is 15.0. The maximum atomic E-state index is 13.2. The van der Waals surface area contributed by atoms with Gasteiger partial charge in [0.05, 0.1) is 12.6 Å². The van der Waals surface area contributed by atoms with E-state index in [-0.39, 0.29) is 30.5 Å². The van der Waals surface area contributed by atoms with Gasteiger partial charge in [0.25, 0.3) is 0 Å². The predicted molar refractivity (Wildman–Crippen MR) is 103 cm³/mol. The maximum Gasteiger partial charge on any atom is 0.226 e. The molecule has 1 aliphatic heterocycles. The Balaban J connectivity index is 2.27. The van der Waals surface area contributed by atoms with Crippen LogP contribution in [-0.2, 0) is 4.79 Å². The van der Waals surface area contributed by atoms with Crippen LogP contribution in [0.15, 0.2) is 36.9 Å². The van der Waals surface area contributed by atoms with Gasteiger partial charge in [-0.1, -0.05) is 36.7 Å². The number of halogens is 1. The number of aliphatic hydroxyl groups is 1.